The Morgan fingerprint density at radius 3 is 2.14 bits per heavy atom. The number of Topliss-reactive ketones (excluding diaryl/α,β-unsaturated/α-hetero) is 2. The predicted octanol–water partition coefficient (Wildman–Crippen LogP) is 2.65. The van der Waals surface area contributed by atoms with Crippen molar-refractivity contribution >= 4 is 21.7 Å². The highest BCUT2D eigenvalue weighted by atomic mass is 32.2. The Morgan fingerprint density at radius 1 is 1.09 bits per heavy atom. The Balaban J connectivity index is 2.62. The van der Waals surface area contributed by atoms with E-state index < -0.39 is 21.7 Å². The summed E-state index contributed by atoms with van der Waals surface area (Å²) in [6, 6.07) is 6.31. The second-order valence-corrected chi connectivity index (χ2v) is 6.86. The molecule has 0 saturated heterocycles. The van der Waals surface area contributed by atoms with Gasteiger partial charge in [-0.3, -0.25) is 9.59 Å². The molecule has 1 aliphatic rings. The van der Waals surface area contributed by atoms with Crippen LogP contribution >= 0.6 is 0 Å². The lowest BCUT2D eigenvalue weighted by atomic mass is 9.86. The number of hydrogen-bond donors (Lipinski definition) is 0. The zero-order valence-corrected chi connectivity index (χ0v) is 13.4. The van der Waals surface area contributed by atoms with Crippen molar-refractivity contribution in [2.75, 3.05) is 6.26 Å². The van der Waals surface area contributed by atoms with Gasteiger partial charge in [-0.25, -0.2) is 0 Å². The molecule has 1 aromatic rings. The van der Waals surface area contributed by atoms with Gasteiger partial charge >= 0.3 is 10.1 Å². The summed E-state index contributed by atoms with van der Waals surface area (Å²) >= 11 is 0. The first-order chi connectivity index (χ1) is 10.2. The fourth-order valence-electron chi connectivity index (χ4n) is 2.14. The lowest BCUT2D eigenvalue weighted by Crippen LogP contribution is -2.24. The second-order valence-electron chi connectivity index (χ2n) is 5.28. The van der Waals surface area contributed by atoms with E-state index in [0.717, 1.165) is 11.8 Å². The average Bonchev–Trinajstić information content (AvgIpc) is 2.42. The van der Waals surface area contributed by atoms with Crippen molar-refractivity contribution in [2.45, 2.75) is 20.3 Å². The van der Waals surface area contributed by atoms with Gasteiger partial charge in [0.05, 0.1) is 11.8 Å². The standard InChI is InChI=1S/C16H16O5S/c1-10(2)8-9-13-14(17)11-6-4-5-7-12(11)15(18)16(13)21-22(3,19)20/h4-8H,9H2,1-3H3. The predicted molar refractivity (Wildman–Crippen MR) is 82.1 cm³/mol. The third kappa shape index (κ3) is 3.33. The summed E-state index contributed by atoms with van der Waals surface area (Å²) in [5.74, 6) is -1.37. The lowest BCUT2D eigenvalue weighted by Gasteiger charge is -2.19. The maximum atomic E-state index is 12.6. The molecular formula is C16H16O5S. The average molecular weight is 320 g/mol. The van der Waals surface area contributed by atoms with Crippen LogP contribution in [0.3, 0.4) is 0 Å². The SMILES string of the molecule is CC(C)=CCC1=C(OS(C)(=O)=O)C(=O)c2ccccc2C1=O. The van der Waals surface area contributed by atoms with Crippen LogP contribution in [0.15, 0.2) is 47.2 Å². The maximum Gasteiger partial charge on any atom is 0.306 e. The molecule has 0 fully saturated rings. The number of rotatable bonds is 4. The summed E-state index contributed by atoms with van der Waals surface area (Å²) in [6.07, 6.45) is 2.74. The maximum absolute atomic E-state index is 12.6. The highest BCUT2D eigenvalue weighted by Gasteiger charge is 2.34. The zero-order valence-electron chi connectivity index (χ0n) is 12.5. The zero-order chi connectivity index (χ0) is 16.5. The fraction of sp³-hybridized carbons (Fsp3) is 0.250. The van der Waals surface area contributed by atoms with E-state index in [1.807, 2.05) is 13.8 Å². The first-order valence-corrected chi connectivity index (χ1v) is 8.46. The third-order valence-corrected chi connectivity index (χ3v) is 3.59. The highest BCUT2D eigenvalue weighted by molar-refractivity contribution is 7.86. The molecule has 116 valence electrons. The Kier molecular flexibility index (Phi) is 4.32. The molecule has 0 N–H and O–H groups in total. The Bertz CT molecular complexity index is 809. The molecule has 0 amide bonds. The Labute approximate surface area is 129 Å². The number of hydrogen-bond acceptors (Lipinski definition) is 5. The van der Waals surface area contributed by atoms with Crippen LogP contribution in [0, 0.1) is 0 Å². The van der Waals surface area contributed by atoms with Crippen LogP contribution in [0.25, 0.3) is 0 Å². The van der Waals surface area contributed by atoms with E-state index in [2.05, 4.69) is 0 Å². The lowest BCUT2D eigenvalue weighted by molar-refractivity contribution is 0.0937. The normalized spacial score (nSPS) is 14.7. The van der Waals surface area contributed by atoms with Crippen LogP contribution in [0.5, 0.6) is 0 Å². The number of benzene rings is 1. The van der Waals surface area contributed by atoms with Gasteiger partial charge in [-0.05, 0) is 20.3 Å². The number of allylic oxidation sites excluding steroid dienone is 4. The first kappa shape index (κ1) is 16.2. The van der Waals surface area contributed by atoms with Crippen LogP contribution in [0.1, 0.15) is 41.0 Å². The molecule has 0 radical (unpaired) electrons. The molecule has 0 bridgehead atoms. The highest BCUT2D eigenvalue weighted by Crippen LogP contribution is 2.30. The van der Waals surface area contributed by atoms with Crippen molar-refractivity contribution in [1.82, 2.24) is 0 Å². The quantitative estimate of drug-likeness (QED) is 0.629. The van der Waals surface area contributed by atoms with E-state index in [-0.39, 0.29) is 28.9 Å². The first-order valence-electron chi connectivity index (χ1n) is 6.65. The van der Waals surface area contributed by atoms with Crippen molar-refractivity contribution in [3.8, 4) is 0 Å². The summed E-state index contributed by atoms with van der Waals surface area (Å²) in [4.78, 5) is 25.0. The molecule has 0 saturated carbocycles. The molecule has 0 atom stereocenters. The van der Waals surface area contributed by atoms with Gasteiger partial charge in [0, 0.05) is 11.1 Å². The molecule has 0 heterocycles. The molecule has 0 aromatic heterocycles. The van der Waals surface area contributed by atoms with Gasteiger partial charge in [-0.15, -0.1) is 0 Å². The van der Waals surface area contributed by atoms with E-state index in [1.165, 1.54) is 6.07 Å². The molecule has 0 aliphatic heterocycles. The number of ketones is 2. The second kappa shape index (κ2) is 5.88. The monoisotopic (exact) mass is 320 g/mol. The summed E-state index contributed by atoms with van der Waals surface area (Å²) in [5, 5.41) is 0. The Hall–Kier alpha value is -2.21. The topological polar surface area (TPSA) is 77.5 Å². The molecule has 1 aromatic carbocycles. The molecule has 0 spiro atoms. The number of fused-ring (bicyclic) bond motifs is 1. The molecule has 1 aliphatic carbocycles. The van der Waals surface area contributed by atoms with Crippen LogP contribution in [0.2, 0.25) is 0 Å². The van der Waals surface area contributed by atoms with Crippen LogP contribution in [-0.4, -0.2) is 26.2 Å². The van der Waals surface area contributed by atoms with Crippen molar-refractivity contribution in [3.05, 3.63) is 58.4 Å². The van der Waals surface area contributed by atoms with E-state index in [9.17, 15) is 18.0 Å². The van der Waals surface area contributed by atoms with Crippen molar-refractivity contribution < 1.29 is 22.2 Å². The summed E-state index contributed by atoms with van der Waals surface area (Å²) < 4.78 is 27.6. The fourth-order valence-corrected chi connectivity index (χ4v) is 2.61. The molecule has 0 unspecified atom stereocenters. The number of carbonyl (C=O) groups excluding carboxylic acids is 2. The number of carbonyl (C=O) groups is 2. The van der Waals surface area contributed by atoms with Crippen molar-refractivity contribution in [3.63, 3.8) is 0 Å². The van der Waals surface area contributed by atoms with E-state index in [1.54, 1.807) is 24.3 Å². The minimum absolute atomic E-state index is 0.0651. The molecule has 6 heteroatoms. The largest absolute Gasteiger partial charge is 0.378 e. The van der Waals surface area contributed by atoms with Crippen LogP contribution in [0.4, 0.5) is 0 Å². The van der Waals surface area contributed by atoms with Gasteiger partial charge in [0.1, 0.15) is 0 Å². The molecule has 5 nitrogen and oxygen atoms in total. The summed E-state index contributed by atoms with van der Waals surface area (Å²) in [7, 11) is -3.91. The van der Waals surface area contributed by atoms with Crippen molar-refractivity contribution in [2.24, 2.45) is 0 Å². The van der Waals surface area contributed by atoms with Gasteiger partial charge in [-0.1, -0.05) is 35.9 Å². The van der Waals surface area contributed by atoms with Gasteiger partial charge in [0.25, 0.3) is 0 Å². The summed E-state index contributed by atoms with van der Waals surface area (Å²) in [5.41, 5.74) is 1.44. The minimum Gasteiger partial charge on any atom is -0.378 e. The minimum atomic E-state index is -3.91. The van der Waals surface area contributed by atoms with Gasteiger partial charge in [-0.2, -0.15) is 8.42 Å². The molecular weight excluding hydrogens is 304 g/mol. The smallest absolute Gasteiger partial charge is 0.306 e. The van der Waals surface area contributed by atoms with Gasteiger partial charge in [0.2, 0.25) is 5.78 Å². The summed E-state index contributed by atoms with van der Waals surface area (Å²) in [6.45, 7) is 3.70. The van der Waals surface area contributed by atoms with Gasteiger partial charge < -0.3 is 4.18 Å². The Morgan fingerprint density at radius 2 is 1.64 bits per heavy atom. The molecule has 2 rings (SSSR count). The van der Waals surface area contributed by atoms with Crippen LogP contribution < -0.4 is 0 Å². The van der Waals surface area contributed by atoms with E-state index in [4.69, 9.17) is 4.18 Å². The van der Waals surface area contributed by atoms with E-state index in [0.29, 0.717) is 0 Å². The van der Waals surface area contributed by atoms with Gasteiger partial charge in [0.15, 0.2) is 11.5 Å². The third-order valence-electron chi connectivity index (χ3n) is 3.12. The van der Waals surface area contributed by atoms with Crippen molar-refractivity contribution in [1.29, 1.82) is 0 Å². The van der Waals surface area contributed by atoms with Crippen LogP contribution in [-0.2, 0) is 14.3 Å². The van der Waals surface area contributed by atoms with E-state index >= 15 is 0 Å². The molecule has 22 heavy (non-hydrogen) atoms.